The number of hydrogen-bond acceptors (Lipinski definition) is 3. The molecule has 0 aliphatic rings. The highest BCUT2D eigenvalue weighted by Crippen LogP contribution is 2.18. The number of nitrogens with zero attached hydrogens (tertiary/aromatic N) is 2. The van der Waals surface area contributed by atoms with Gasteiger partial charge in [0.1, 0.15) is 4.47 Å². The van der Waals surface area contributed by atoms with Crippen LogP contribution in [0.3, 0.4) is 0 Å². The Bertz CT molecular complexity index is 442. The van der Waals surface area contributed by atoms with E-state index in [2.05, 4.69) is 54.0 Å². The fourth-order valence-corrected chi connectivity index (χ4v) is 2.23. The first-order valence-electron chi connectivity index (χ1n) is 6.47. The van der Waals surface area contributed by atoms with Crippen LogP contribution in [0.25, 0.3) is 0 Å². The fourth-order valence-electron chi connectivity index (χ4n) is 1.81. The van der Waals surface area contributed by atoms with Crippen molar-refractivity contribution in [3.63, 3.8) is 0 Å². The van der Waals surface area contributed by atoms with Gasteiger partial charge in [-0.2, -0.15) is 5.10 Å². The van der Waals surface area contributed by atoms with Crippen LogP contribution in [0, 0.1) is 5.92 Å². The Kier molecular flexibility index (Phi) is 5.85. The summed E-state index contributed by atoms with van der Waals surface area (Å²) in [5, 5.41) is 7.51. The van der Waals surface area contributed by atoms with E-state index in [1.165, 1.54) is 4.68 Å². The summed E-state index contributed by atoms with van der Waals surface area (Å²) >= 11 is 3.36. The van der Waals surface area contributed by atoms with Crippen molar-refractivity contribution < 1.29 is 0 Å². The predicted octanol–water partition coefficient (Wildman–Crippen LogP) is 3.26. The summed E-state index contributed by atoms with van der Waals surface area (Å²) in [5.41, 5.74) is 0.707. The molecule has 102 valence electrons. The van der Waals surface area contributed by atoms with Gasteiger partial charge in [-0.3, -0.25) is 4.79 Å². The van der Waals surface area contributed by atoms with Gasteiger partial charge in [0, 0.05) is 12.6 Å². The minimum atomic E-state index is -0.0719. The van der Waals surface area contributed by atoms with E-state index in [1.807, 2.05) is 0 Å². The Labute approximate surface area is 117 Å². The van der Waals surface area contributed by atoms with Gasteiger partial charge in [-0.1, -0.05) is 27.2 Å². The van der Waals surface area contributed by atoms with E-state index in [-0.39, 0.29) is 5.56 Å². The molecule has 0 spiro atoms. The molecule has 1 aromatic heterocycles. The van der Waals surface area contributed by atoms with E-state index in [9.17, 15) is 4.79 Å². The predicted molar refractivity (Wildman–Crippen MR) is 79.0 cm³/mol. The molecule has 1 heterocycles. The first-order valence-corrected chi connectivity index (χ1v) is 7.27. The van der Waals surface area contributed by atoms with Crippen molar-refractivity contribution in [2.75, 3.05) is 5.32 Å². The zero-order valence-electron chi connectivity index (χ0n) is 11.5. The maximum Gasteiger partial charge on any atom is 0.283 e. The van der Waals surface area contributed by atoms with Gasteiger partial charge in [-0.25, -0.2) is 4.68 Å². The zero-order chi connectivity index (χ0) is 13.7. The van der Waals surface area contributed by atoms with Gasteiger partial charge in [0.25, 0.3) is 5.56 Å². The molecule has 0 aliphatic heterocycles. The molecule has 0 radical (unpaired) electrons. The molecule has 1 aromatic rings. The van der Waals surface area contributed by atoms with E-state index >= 15 is 0 Å². The molecule has 0 bridgehead atoms. The maximum atomic E-state index is 12.1. The van der Waals surface area contributed by atoms with Gasteiger partial charge >= 0.3 is 0 Å². The van der Waals surface area contributed by atoms with E-state index < -0.39 is 0 Å². The highest BCUT2D eigenvalue weighted by atomic mass is 79.9. The quantitative estimate of drug-likeness (QED) is 0.876. The molecule has 0 saturated carbocycles. The largest absolute Gasteiger partial charge is 0.380 e. The lowest BCUT2D eigenvalue weighted by molar-refractivity contribution is 0.462. The van der Waals surface area contributed by atoms with Gasteiger partial charge < -0.3 is 5.32 Å². The molecule has 1 atom stereocenters. The van der Waals surface area contributed by atoms with Gasteiger partial charge in [0.2, 0.25) is 0 Å². The van der Waals surface area contributed by atoms with E-state index in [4.69, 9.17) is 0 Å². The maximum absolute atomic E-state index is 12.1. The standard InChI is InChI=1S/C13H22BrN3O/c1-5-6-10(4)16-11-7-15-17(8-9(2)3)13(18)12(11)14/h7,9-10,16H,5-6,8H2,1-4H3. The Morgan fingerprint density at radius 2 is 2.11 bits per heavy atom. The van der Waals surface area contributed by atoms with Crippen LogP contribution in [-0.4, -0.2) is 15.8 Å². The lowest BCUT2D eigenvalue weighted by Gasteiger charge is -2.16. The monoisotopic (exact) mass is 315 g/mol. The van der Waals surface area contributed by atoms with Crippen molar-refractivity contribution in [1.82, 2.24) is 9.78 Å². The highest BCUT2D eigenvalue weighted by Gasteiger charge is 2.11. The average Bonchev–Trinajstić information content (AvgIpc) is 2.29. The Hall–Kier alpha value is -0.840. The van der Waals surface area contributed by atoms with Crippen molar-refractivity contribution in [3.05, 3.63) is 21.0 Å². The van der Waals surface area contributed by atoms with E-state index in [0.717, 1.165) is 18.5 Å². The average molecular weight is 316 g/mol. The van der Waals surface area contributed by atoms with Crippen LogP contribution >= 0.6 is 15.9 Å². The summed E-state index contributed by atoms with van der Waals surface area (Å²) < 4.78 is 2.07. The summed E-state index contributed by atoms with van der Waals surface area (Å²) in [7, 11) is 0. The van der Waals surface area contributed by atoms with E-state index in [0.29, 0.717) is 23.0 Å². The molecule has 4 nitrogen and oxygen atoms in total. The number of anilines is 1. The number of aromatic nitrogens is 2. The second kappa shape index (κ2) is 6.92. The summed E-state index contributed by atoms with van der Waals surface area (Å²) in [5.74, 6) is 0.403. The Morgan fingerprint density at radius 3 is 2.67 bits per heavy atom. The van der Waals surface area contributed by atoms with Crippen LogP contribution in [0.2, 0.25) is 0 Å². The third-order valence-electron chi connectivity index (χ3n) is 2.65. The molecular weight excluding hydrogens is 294 g/mol. The van der Waals surface area contributed by atoms with Crippen molar-refractivity contribution >= 4 is 21.6 Å². The van der Waals surface area contributed by atoms with Crippen LogP contribution in [0.4, 0.5) is 5.69 Å². The third-order valence-corrected chi connectivity index (χ3v) is 3.41. The Morgan fingerprint density at radius 1 is 1.44 bits per heavy atom. The normalized spacial score (nSPS) is 12.8. The molecule has 0 aliphatic carbocycles. The Balaban J connectivity index is 2.90. The van der Waals surface area contributed by atoms with Crippen LogP contribution in [-0.2, 0) is 6.54 Å². The van der Waals surface area contributed by atoms with Crippen molar-refractivity contribution in [2.24, 2.45) is 5.92 Å². The second-order valence-corrected chi connectivity index (χ2v) is 5.88. The van der Waals surface area contributed by atoms with Crippen LogP contribution < -0.4 is 10.9 Å². The van der Waals surface area contributed by atoms with Gasteiger partial charge in [-0.15, -0.1) is 0 Å². The molecule has 18 heavy (non-hydrogen) atoms. The zero-order valence-corrected chi connectivity index (χ0v) is 13.1. The number of halogens is 1. The van der Waals surface area contributed by atoms with Gasteiger partial charge in [-0.05, 0) is 35.2 Å². The minimum Gasteiger partial charge on any atom is -0.380 e. The summed E-state index contributed by atoms with van der Waals surface area (Å²) in [6, 6.07) is 0.341. The molecule has 1 rings (SSSR count). The van der Waals surface area contributed by atoms with Crippen molar-refractivity contribution in [1.29, 1.82) is 0 Å². The summed E-state index contributed by atoms with van der Waals surface area (Å²) in [6.45, 7) is 9.03. The molecule has 0 amide bonds. The van der Waals surface area contributed by atoms with Crippen LogP contribution in [0.5, 0.6) is 0 Å². The van der Waals surface area contributed by atoms with Crippen molar-refractivity contribution in [3.8, 4) is 0 Å². The molecule has 0 saturated heterocycles. The van der Waals surface area contributed by atoms with Gasteiger partial charge in [0.05, 0.1) is 11.9 Å². The lowest BCUT2D eigenvalue weighted by Crippen LogP contribution is -2.27. The van der Waals surface area contributed by atoms with Crippen LogP contribution in [0.1, 0.15) is 40.5 Å². The van der Waals surface area contributed by atoms with Crippen molar-refractivity contribution in [2.45, 2.75) is 53.1 Å². The molecular formula is C13H22BrN3O. The van der Waals surface area contributed by atoms with Gasteiger partial charge in [0.15, 0.2) is 0 Å². The highest BCUT2D eigenvalue weighted by molar-refractivity contribution is 9.10. The topological polar surface area (TPSA) is 46.9 Å². The first-order chi connectivity index (χ1) is 8.45. The number of hydrogen-bond donors (Lipinski definition) is 1. The molecule has 0 aromatic carbocycles. The minimum absolute atomic E-state index is 0.0719. The third kappa shape index (κ3) is 4.12. The van der Waals surface area contributed by atoms with Crippen LogP contribution in [0.15, 0.2) is 15.5 Å². The smallest absolute Gasteiger partial charge is 0.283 e. The fraction of sp³-hybridized carbons (Fsp3) is 0.692. The molecule has 1 N–H and O–H groups in total. The molecule has 0 fully saturated rings. The first kappa shape index (κ1) is 15.2. The SMILES string of the molecule is CCCC(C)Nc1cnn(CC(C)C)c(=O)c1Br. The molecule has 1 unspecified atom stereocenters. The van der Waals surface area contributed by atoms with E-state index in [1.54, 1.807) is 6.20 Å². The number of nitrogens with one attached hydrogen (secondary N) is 1. The second-order valence-electron chi connectivity index (χ2n) is 5.09. The molecule has 5 heteroatoms. The summed E-state index contributed by atoms with van der Waals surface area (Å²) in [4.78, 5) is 12.1. The summed E-state index contributed by atoms with van der Waals surface area (Å²) in [6.07, 6.45) is 3.91. The lowest BCUT2D eigenvalue weighted by atomic mass is 10.2. The number of rotatable bonds is 6.